The van der Waals surface area contributed by atoms with E-state index in [2.05, 4.69) is 9.88 Å². The van der Waals surface area contributed by atoms with Crippen LogP contribution in [0.5, 0.6) is 5.75 Å². The predicted molar refractivity (Wildman–Crippen MR) is 73.2 cm³/mol. The maximum atomic E-state index is 11.8. The van der Waals surface area contributed by atoms with Gasteiger partial charge in [-0.25, -0.2) is 8.42 Å². The van der Waals surface area contributed by atoms with Gasteiger partial charge in [0.05, 0.1) is 18.0 Å². The number of oxime groups is 1. The quantitative estimate of drug-likeness (QED) is 0.323. The Labute approximate surface area is 112 Å². The fourth-order valence-corrected chi connectivity index (χ4v) is 1.97. The maximum Gasteiger partial charge on any atom is 0.235 e. The summed E-state index contributed by atoms with van der Waals surface area (Å²) in [6.45, 7) is 3.14. The number of hydrogen-bond acceptors (Lipinski definition) is 5. The van der Waals surface area contributed by atoms with Gasteiger partial charge in [0.25, 0.3) is 0 Å². The van der Waals surface area contributed by atoms with Crippen molar-refractivity contribution >= 4 is 21.5 Å². The van der Waals surface area contributed by atoms with Crippen molar-refractivity contribution in [3.8, 4) is 5.75 Å². The van der Waals surface area contributed by atoms with Crippen molar-refractivity contribution in [2.45, 2.75) is 19.1 Å². The molecule has 1 aromatic carbocycles. The molecule has 106 valence electrons. The second-order valence-corrected chi connectivity index (χ2v) is 6.33. The van der Waals surface area contributed by atoms with Crippen LogP contribution in [-0.2, 0) is 10.0 Å². The molecule has 7 nitrogen and oxygen atoms in total. The average molecular weight is 287 g/mol. The fraction of sp³-hybridized carbons (Fsp3) is 0.364. The van der Waals surface area contributed by atoms with Gasteiger partial charge in [-0.3, -0.25) is 4.72 Å². The summed E-state index contributed by atoms with van der Waals surface area (Å²) in [5.41, 5.74) is 6.17. The topological polar surface area (TPSA) is 114 Å². The number of anilines is 1. The van der Waals surface area contributed by atoms with E-state index in [1.54, 1.807) is 13.8 Å². The normalized spacial score (nSPS) is 12.5. The summed E-state index contributed by atoms with van der Waals surface area (Å²) in [5, 5.41) is 10.9. The zero-order valence-electron chi connectivity index (χ0n) is 10.9. The Kier molecular flexibility index (Phi) is 4.60. The highest BCUT2D eigenvalue weighted by Gasteiger charge is 2.18. The van der Waals surface area contributed by atoms with Crippen LogP contribution in [0.4, 0.5) is 5.69 Å². The van der Waals surface area contributed by atoms with E-state index in [1.807, 2.05) is 0 Å². The molecule has 0 aliphatic heterocycles. The van der Waals surface area contributed by atoms with Crippen molar-refractivity contribution in [3.05, 3.63) is 23.8 Å². The zero-order valence-corrected chi connectivity index (χ0v) is 11.7. The summed E-state index contributed by atoms with van der Waals surface area (Å²) < 4.78 is 31.1. The molecule has 0 heterocycles. The molecule has 0 fully saturated rings. The zero-order chi connectivity index (χ0) is 14.6. The van der Waals surface area contributed by atoms with Crippen LogP contribution in [-0.4, -0.2) is 31.8 Å². The number of benzene rings is 1. The smallest absolute Gasteiger partial charge is 0.235 e. The third kappa shape index (κ3) is 3.50. The van der Waals surface area contributed by atoms with E-state index in [-0.39, 0.29) is 11.6 Å². The Morgan fingerprint density at radius 1 is 1.47 bits per heavy atom. The van der Waals surface area contributed by atoms with Crippen molar-refractivity contribution in [3.63, 3.8) is 0 Å². The first kappa shape index (κ1) is 15.1. The Balaban J connectivity index is 3.17. The minimum absolute atomic E-state index is 0.0865. The molecule has 0 aromatic heterocycles. The van der Waals surface area contributed by atoms with Crippen molar-refractivity contribution < 1.29 is 18.4 Å². The first-order chi connectivity index (χ1) is 8.81. The van der Waals surface area contributed by atoms with Gasteiger partial charge in [-0.15, -0.1) is 0 Å². The SMILES string of the molecule is COc1cc(/C(N)=N/O)ccc1NS(=O)(=O)C(C)C. The minimum atomic E-state index is -3.46. The summed E-state index contributed by atoms with van der Waals surface area (Å²) in [4.78, 5) is 0. The molecule has 4 N–H and O–H groups in total. The van der Waals surface area contributed by atoms with Gasteiger partial charge in [0.1, 0.15) is 5.75 Å². The van der Waals surface area contributed by atoms with E-state index in [0.717, 1.165) is 0 Å². The van der Waals surface area contributed by atoms with Gasteiger partial charge in [-0.05, 0) is 32.0 Å². The molecule has 1 aromatic rings. The van der Waals surface area contributed by atoms with Gasteiger partial charge in [-0.2, -0.15) is 0 Å². The Morgan fingerprint density at radius 2 is 2.11 bits per heavy atom. The van der Waals surface area contributed by atoms with E-state index in [1.165, 1.54) is 25.3 Å². The molecule has 19 heavy (non-hydrogen) atoms. The number of hydrogen-bond donors (Lipinski definition) is 3. The molecule has 0 radical (unpaired) electrons. The van der Waals surface area contributed by atoms with E-state index >= 15 is 0 Å². The molecule has 0 aliphatic carbocycles. The van der Waals surface area contributed by atoms with E-state index in [0.29, 0.717) is 11.3 Å². The van der Waals surface area contributed by atoms with Crippen LogP contribution in [0, 0.1) is 0 Å². The fourth-order valence-electron chi connectivity index (χ4n) is 1.26. The lowest BCUT2D eigenvalue weighted by Gasteiger charge is -2.14. The monoisotopic (exact) mass is 287 g/mol. The van der Waals surface area contributed by atoms with E-state index in [4.69, 9.17) is 15.7 Å². The summed E-state index contributed by atoms with van der Waals surface area (Å²) in [6, 6.07) is 4.50. The van der Waals surface area contributed by atoms with Crippen molar-refractivity contribution in [1.29, 1.82) is 0 Å². The average Bonchev–Trinajstić information content (AvgIpc) is 2.37. The third-order valence-electron chi connectivity index (χ3n) is 2.48. The Morgan fingerprint density at radius 3 is 2.58 bits per heavy atom. The lowest BCUT2D eigenvalue weighted by atomic mass is 10.2. The largest absolute Gasteiger partial charge is 0.495 e. The number of nitrogens with zero attached hydrogens (tertiary/aromatic N) is 1. The number of nitrogens with two attached hydrogens (primary N) is 1. The molecule has 0 bridgehead atoms. The van der Waals surface area contributed by atoms with Gasteiger partial charge in [0.2, 0.25) is 10.0 Å². The standard InChI is InChI=1S/C11H17N3O4S/c1-7(2)19(16,17)14-9-5-4-8(11(12)13-15)6-10(9)18-3/h4-7,14-15H,1-3H3,(H2,12,13). The summed E-state index contributed by atoms with van der Waals surface area (Å²) in [7, 11) is -2.06. The Bertz CT molecular complexity index is 582. The molecule has 0 unspecified atom stereocenters. The molecule has 0 saturated carbocycles. The van der Waals surface area contributed by atoms with Crippen LogP contribution in [0.2, 0.25) is 0 Å². The van der Waals surface area contributed by atoms with Crippen molar-refractivity contribution in [2.24, 2.45) is 10.9 Å². The Hall–Kier alpha value is -1.96. The van der Waals surface area contributed by atoms with Crippen LogP contribution in [0.15, 0.2) is 23.4 Å². The summed E-state index contributed by atoms with van der Waals surface area (Å²) in [6.07, 6.45) is 0. The molecular weight excluding hydrogens is 270 g/mol. The first-order valence-corrected chi connectivity index (χ1v) is 7.04. The molecule has 0 aliphatic rings. The molecule has 0 saturated heterocycles. The molecule has 8 heteroatoms. The number of rotatable bonds is 5. The number of nitrogens with one attached hydrogen (secondary N) is 1. The second kappa shape index (κ2) is 5.79. The van der Waals surface area contributed by atoms with Crippen molar-refractivity contribution in [2.75, 3.05) is 11.8 Å². The third-order valence-corrected chi connectivity index (χ3v) is 4.22. The lowest BCUT2D eigenvalue weighted by Crippen LogP contribution is -2.23. The van der Waals surface area contributed by atoms with Crippen LogP contribution < -0.4 is 15.2 Å². The highest BCUT2D eigenvalue weighted by Crippen LogP contribution is 2.27. The van der Waals surface area contributed by atoms with Gasteiger partial charge in [-0.1, -0.05) is 5.16 Å². The second-order valence-electron chi connectivity index (χ2n) is 4.10. The van der Waals surface area contributed by atoms with Crippen LogP contribution in [0.1, 0.15) is 19.4 Å². The number of sulfonamides is 1. The summed E-state index contributed by atoms with van der Waals surface area (Å²) in [5.74, 6) is 0.199. The van der Waals surface area contributed by atoms with Crippen LogP contribution in [0.3, 0.4) is 0 Å². The molecule has 1 rings (SSSR count). The molecule has 0 spiro atoms. The van der Waals surface area contributed by atoms with Crippen LogP contribution >= 0.6 is 0 Å². The lowest BCUT2D eigenvalue weighted by molar-refractivity contribution is 0.318. The van der Waals surface area contributed by atoms with Crippen molar-refractivity contribution in [1.82, 2.24) is 0 Å². The van der Waals surface area contributed by atoms with Gasteiger partial charge in [0.15, 0.2) is 5.84 Å². The van der Waals surface area contributed by atoms with Gasteiger partial charge in [0, 0.05) is 5.56 Å². The number of ether oxygens (including phenoxy) is 1. The maximum absolute atomic E-state index is 11.8. The van der Waals surface area contributed by atoms with Gasteiger partial charge < -0.3 is 15.7 Å². The van der Waals surface area contributed by atoms with E-state index in [9.17, 15) is 8.42 Å². The van der Waals surface area contributed by atoms with Gasteiger partial charge >= 0.3 is 0 Å². The predicted octanol–water partition coefficient (Wildman–Crippen LogP) is 0.940. The van der Waals surface area contributed by atoms with E-state index < -0.39 is 15.3 Å². The number of amidine groups is 1. The molecule has 0 amide bonds. The minimum Gasteiger partial charge on any atom is -0.495 e. The summed E-state index contributed by atoms with van der Waals surface area (Å²) >= 11 is 0. The first-order valence-electron chi connectivity index (χ1n) is 5.49. The number of methoxy groups -OCH3 is 1. The molecule has 0 atom stereocenters. The highest BCUT2D eigenvalue weighted by molar-refractivity contribution is 7.93. The van der Waals surface area contributed by atoms with Crippen LogP contribution in [0.25, 0.3) is 0 Å². The highest BCUT2D eigenvalue weighted by atomic mass is 32.2. The molecular formula is C11H17N3O4S.